The van der Waals surface area contributed by atoms with E-state index < -0.39 is 11.9 Å². The molecule has 1 aromatic rings. The number of amides is 1. The highest BCUT2D eigenvalue weighted by Gasteiger charge is 2.42. The Labute approximate surface area is 114 Å². The van der Waals surface area contributed by atoms with Gasteiger partial charge in [-0.1, -0.05) is 28.1 Å². The normalized spacial score (nSPS) is 23.5. The first kappa shape index (κ1) is 13.1. The molecule has 2 rings (SSSR count). The molecule has 1 aliphatic rings. The van der Waals surface area contributed by atoms with Gasteiger partial charge in [-0.05, 0) is 24.1 Å². The number of aryl methyl sites for hydroxylation is 1. The number of hydrogen-bond acceptors (Lipinski definition) is 2. The molecule has 2 unspecified atom stereocenters. The molecule has 2 atom stereocenters. The zero-order valence-electron chi connectivity index (χ0n) is 10.2. The molecule has 1 heterocycles. The van der Waals surface area contributed by atoms with Gasteiger partial charge in [0.25, 0.3) is 0 Å². The van der Waals surface area contributed by atoms with Crippen LogP contribution in [-0.2, 0) is 9.59 Å². The van der Waals surface area contributed by atoms with Crippen LogP contribution >= 0.6 is 15.9 Å². The van der Waals surface area contributed by atoms with Gasteiger partial charge in [-0.3, -0.25) is 9.59 Å². The molecular weight excluding hydrogens is 298 g/mol. The first-order chi connectivity index (χ1) is 8.41. The Morgan fingerprint density at radius 3 is 2.72 bits per heavy atom. The van der Waals surface area contributed by atoms with Gasteiger partial charge in [-0.25, -0.2) is 0 Å². The first-order valence-electron chi connectivity index (χ1n) is 5.66. The topological polar surface area (TPSA) is 57.6 Å². The van der Waals surface area contributed by atoms with Crippen molar-refractivity contribution in [3.63, 3.8) is 0 Å². The maximum Gasteiger partial charge on any atom is 0.309 e. The maximum absolute atomic E-state index is 11.7. The van der Waals surface area contributed by atoms with Gasteiger partial charge in [0.2, 0.25) is 5.91 Å². The summed E-state index contributed by atoms with van der Waals surface area (Å²) in [5.41, 5.74) is 1.94. The number of nitrogens with zero attached hydrogens (tertiary/aromatic N) is 1. The average molecular weight is 312 g/mol. The third kappa shape index (κ3) is 2.14. The Kier molecular flexibility index (Phi) is 3.43. The van der Waals surface area contributed by atoms with Gasteiger partial charge in [0.05, 0.1) is 12.0 Å². The Bertz CT molecular complexity index is 515. The summed E-state index contributed by atoms with van der Waals surface area (Å²) >= 11 is 3.43. The van der Waals surface area contributed by atoms with Crippen molar-refractivity contribution in [1.29, 1.82) is 0 Å². The Hall–Kier alpha value is -1.36. The van der Waals surface area contributed by atoms with E-state index in [2.05, 4.69) is 15.9 Å². The highest BCUT2D eigenvalue weighted by atomic mass is 79.9. The number of aliphatic carboxylic acids is 1. The highest BCUT2D eigenvalue weighted by Crippen LogP contribution is 2.38. The van der Waals surface area contributed by atoms with Gasteiger partial charge in [-0.15, -0.1) is 0 Å². The molecule has 0 aliphatic carbocycles. The second-order valence-corrected chi connectivity index (χ2v) is 5.46. The van der Waals surface area contributed by atoms with Crippen molar-refractivity contribution in [3.8, 4) is 0 Å². The van der Waals surface area contributed by atoms with Crippen LogP contribution in [0.2, 0.25) is 0 Å². The highest BCUT2D eigenvalue weighted by molar-refractivity contribution is 9.10. The van der Waals surface area contributed by atoms with Crippen LogP contribution < -0.4 is 0 Å². The number of halogens is 1. The van der Waals surface area contributed by atoms with Crippen LogP contribution in [0.5, 0.6) is 0 Å². The minimum Gasteiger partial charge on any atom is -0.481 e. The van der Waals surface area contributed by atoms with Crippen molar-refractivity contribution in [3.05, 3.63) is 33.8 Å². The van der Waals surface area contributed by atoms with E-state index in [9.17, 15) is 14.7 Å². The van der Waals surface area contributed by atoms with E-state index in [0.717, 1.165) is 15.6 Å². The molecule has 4 nitrogen and oxygen atoms in total. The lowest BCUT2D eigenvalue weighted by molar-refractivity contribution is -0.142. The summed E-state index contributed by atoms with van der Waals surface area (Å²) in [5, 5.41) is 9.21. The molecule has 96 valence electrons. The van der Waals surface area contributed by atoms with E-state index in [1.165, 1.54) is 4.90 Å². The first-order valence-corrected chi connectivity index (χ1v) is 6.45. The van der Waals surface area contributed by atoms with Crippen LogP contribution in [0.3, 0.4) is 0 Å². The molecule has 0 bridgehead atoms. The number of carbonyl (C=O) groups excluding carboxylic acids is 1. The SMILES string of the molecule is Cc1ccc(C2C(C(=O)O)CC(=O)N2C)cc1Br. The number of hydrogen-bond donors (Lipinski definition) is 1. The molecule has 1 saturated heterocycles. The fourth-order valence-electron chi connectivity index (χ4n) is 2.34. The molecule has 1 amide bonds. The zero-order chi connectivity index (χ0) is 13.4. The van der Waals surface area contributed by atoms with E-state index in [1.807, 2.05) is 25.1 Å². The zero-order valence-corrected chi connectivity index (χ0v) is 11.8. The van der Waals surface area contributed by atoms with Gasteiger partial charge < -0.3 is 10.0 Å². The lowest BCUT2D eigenvalue weighted by atomic mass is 9.93. The Balaban J connectivity index is 2.42. The van der Waals surface area contributed by atoms with Crippen molar-refractivity contribution < 1.29 is 14.7 Å². The molecular formula is C13H14BrNO3. The molecule has 1 N–H and O–H groups in total. The molecule has 0 aromatic heterocycles. The summed E-state index contributed by atoms with van der Waals surface area (Å²) in [6.45, 7) is 1.96. The summed E-state index contributed by atoms with van der Waals surface area (Å²) in [4.78, 5) is 24.4. The van der Waals surface area contributed by atoms with Crippen LogP contribution in [0, 0.1) is 12.8 Å². The average Bonchev–Trinajstić information content (AvgIpc) is 2.60. The minimum atomic E-state index is -0.922. The van der Waals surface area contributed by atoms with Crippen LogP contribution in [0.4, 0.5) is 0 Å². The fourth-order valence-corrected chi connectivity index (χ4v) is 2.74. The molecule has 5 heteroatoms. The summed E-state index contributed by atoms with van der Waals surface area (Å²) in [6.07, 6.45) is 0.0714. The van der Waals surface area contributed by atoms with E-state index >= 15 is 0 Å². The molecule has 0 spiro atoms. The van der Waals surface area contributed by atoms with Crippen LogP contribution in [0.25, 0.3) is 0 Å². The Morgan fingerprint density at radius 1 is 1.50 bits per heavy atom. The summed E-state index contributed by atoms with van der Waals surface area (Å²) < 4.78 is 0.928. The van der Waals surface area contributed by atoms with Gasteiger partial charge in [0.1, 0.15) is 0 Å². The smallest absolute Gasteiger partial charge is 0.309 e. The number of carbonyl (C=O) groups is 2. The standard InChI is InChI=1S/C13H14BrNO3/c1-7-3-4-8(5-10(7)14)12-9(13(17)18)6-11(16)15(12)2/h3-5,9,12H,6H2,1-2H3,(H,17,18). The number of rotatable bonds is 2. The third-order valence-electron chi connectivity index (χ3n) is 3.44. The number of carboxylic acid groups (broad SMARTS) is 1. The summed E-state index contributed by atoms with van der Waals surface area (Å²) in [7, 11) is 1.66. The van der Waals surface area contributed by atoms with Crippen LogP contribution in [0.1, 0.15) is 23.6 Å². The van der Waals surface area contributed by atoms with E-state index in [-0.39, 0.29) is 18.4 Å². The fraction of sp³-hybridized carbons (Fsp3) is 0.385. The minimum absolute atomic E-state index is 0.0714. The molecule has 1 fully saturated rings. The van der Waals surface area contributed by atoms with E-state index in [4.69, 9.17) is 0 Å². The maximum atomic E-state index is 11.7. The van der Waals surface area contributed by atoms with Gasteiger partial charge in [-0.2, -0.15) is 0 Å². The molecule has 18 heavy (non-hydrogen) atoms. The Morgan fingerprint density at radius 2 is 2.17 bits per heavy atom. The van der Waals surface area contributed by atoms with Crippen LogP contribution in [0.15, 0.2) is 22.7 Å². The summed E-state index contributed by atoms with van der Waals surface area (Å²) in [5.74, 6) is -1.71. The third-order valence-corrected chi connectivity index (χ3v) is 4.30. The second-order valence-electron chi connectivity index (χ2n) is 4.61. The lowest BCUT2D eigenvalue weighted by Gasteiger charge is -2.23. The van der Waals surface area contributed by atoms with Crippen molar-refractivity contribution >= 4 is 27.8 Å². The van der Waals surface area contributed by atoms with Crippen LogP contribution in [-0.4, -0.2) is 28.9 Å². The van der Waals surface area contributed by atoms with E-state index in [1.54, 1.807) is 7.05 Å². The van der Waals surface area contributed by atoms with Crippen molar-refractivity contribution in [2.75, 3.05) is 7.05 Å². The molecule has 0 radical (unpaired) electrons. The number of benzene rings is 1. The van der Waals surface area contributed by atoms with Gasteiger partial charge >= 0.3 is 5.97 Å². The molecule has 1 aromatic carbocycles. The summed E-state index contributed by atoms with van der Waals surface area (Å²) in [6, 6.07) is 5.32. The van der Waals surface area contributed by atoms with E-state index in [0.29, 0.717) is 0 Å². The van der Waals surface area contributed by atoms with Crippen molar-refractivity contribution in [2.24, 2.45) is 5.92 Å². The number of likely N-dealkylation sites (tertiary alicyclic amines) is 1. The van der Waals surface area contributed by atoms with Gasteiger partial charge in [0, 0.05) is 17.9 Å². The number of carboxylic acids is 1. The lowest BCUT2D eigenvalue weighted by Crippen LogP contribution is -2.26. The monoisotopic (exact) mass is 311 g/mol. The quantitative estimate of drug-likeness (QED) is 0.912. The second kappa shape index (κ2) is 4.72. The van der Waals surface area contributed by atoms with Gasteiger partial charge in [0.15, 0.2) is 0 Å². The molecule has 1 aliphatic heterocycles. The van der Waals surface area contributed by atoms with Crippen molar-refractivity contribution in [2.45, 2.75) is 19.4 Å². The predicted octanol–water partition coefficient (Wildman–Crippen LogP) is 2.36. The largest absolute Gasteiger partial charge is 0.481 e. The predicted molar refractivity (Wildman–Crippen MR) is 70.1 cm³/mol. The van der Waals surface area contributed by atoms with Crippen molar-refractivity contribution in [1.82, 2.24) is 4.90 Å². The molecule has 0 saturated carbocycles.